The van der Waals surface area contributed by atoms with E-state index < -0.39 is 21.8 Å². The van der Waals surface area contributed by atoms with Gasteiger partial charge in [0.15, 0.2) is 21.5 Å². The van der Waals surface area contributed by atoms with E-state index in [2.05, 4.69) is 25.4 Å². The molecular weight excluding hydrogens is 424 g/mol. The normalized spacial score (nSPS) is 12.1. The number of sulfone groups is 1. The first kappa shape index (κ1) is 21.8. The van der Waals surface area contributed by atoms with Crippen molar-refractivity contribution in [3.05, 3.63) is 59.5 Å². The maximum atomic E-state index is 12.6. The summed E-state index contributed by atoms with van der Waals surface area (Å²) in [5.41, 5.74) is 0.128. The Balaban J connectivity index is 0.00000280. The Kier molecular flexibility index (Phi) is 6.75. The lowest BCUT2D eigenvalue weighted by atomic mass is 10.2. The van der Waals surface area contributed by atoms with Gasteiger partial charge in [0.2, 0.25) is 0 Å². The quantitative estimate of drug-likeness (QED) is 0.641. The van der Waals surface area contributed by atoms with Crippen LogP contribution in [0.15, 0.2) is 48.0 Å². The number of rotatable bonds is 5. The molecule has 0 aliphatic carbocycles. The van der Waals surface area contributed by atoms with Gasteiger partial charge in [-0.2, -0.15) is 23.3 Å². The van der Waals surface area contributed by atoms with Crippen molar-refractivity contribution in [3.8, 4) is 5.82 Å². The van der Waals surface area contributed by atoms with Gasteiger partial charge in [-0.25, -0.2) is 23.4 Å². The number of benzene rings is 1. The van der Waals surface area contributed by atoms with E-state index in [-0.39, 0.29) is 29.0 Å². The van der Waals surface area contributed by atoms with Gasteiger partial charge in [0, 0.05) is 29.1 Å². The highest BCUT2D eigenvalue weighted by molar-refractivity contribution is 7.90. The first-order chi connectivity index (χ1) is 12.8. The van der Waals surface area contributed by atoms with Crippen LogP contribution in [0, 0.1) is 0 Å². The molecule has 3 aromatic rings. The molecule has 0 radical (unpaired) electrons. The number of nitrogens with zero attached hydrogens (tertiary/aromatic N) is 5. The molecule has 9 nitrogen and oxygen atoms in total. The zero-order valence-electron chi connectivity index (χ0n) is 14.9. The molecule has 0 fully saturated rings. The van der Waals surface area contributed by atoms with Crippen molar-refractivity contribution in [3.63, 3.8) is 0 Å². The molecule has 28 heavy (non-hydrogen) atoms. The highest BCUT2D eigenvalue weighted by Gasteiger charge is 2.20. The van der Waals surface area contributed by atoms with E-state index in [0.29, 0.717) is 11.6 Å². The average Bonchev–Trinajstić information content (AvgIpc) is 3.11. The van der Waals surface area contributed by atoms with Crippen LogP contribution in [0.1, 0.15) is 29.1 Å². The lowest BCUT2D eigenvalue weighted by molar-refractivity contribution is 0.0937. The smallest absolute Gasteiger partial charge is 0.251 e. The minimum atomic E-state index is -3.50. The second kappa shape index (κ2) is 8.67. The van der Waals surface area contributed by atoms with E-state index in [9.17, 15) is 13.2 Å². The monoisotopic (exact) mass is 440 g/mol. The summed E-state index contributed by atoms with van der Waals surface area (Å²) >= 11 is 5.96. The Hall–Kier alpha value is -2.50. The van der Waals surface area contributed by atoms with Crippen LogP contribution in [0.5, 0.6) is 0 Å². The molecule has 1 N–H and O–H groups in total. The van der Waals surface area contributed by atoms with E-state index >= 15 is 0 Å². The van der Waals surface area contributed by atoms with Gasteiger partial charge in [-0.05, 0) is 25.1 Å². The van der Waals surface area contributed by atoms with Crippen molar-refractivity contribution >= 4 is 40.8 Å². The summed E-state index contributed by atoms with van der Waals surface area (Å²) in [5.74, 6) is 0.459. The number of nitrogens with one attached hydrogen (secondary N) is 1. The summed E-state index contributed by atoms with van der Waals surface area (Å²) in [6.07, 6.45) is 5.34. The van der Waals surface area contributed by atoms with Crippen LogP contribution in [-0.2, 0) is 9.84 Å². The van der Waals surface area contributed by atoms with Crippen LogP contribution in [-0.4, -0.2) is 45.3 Å². The molecular formula is C16H17ClN6O3S2. The zero-order valence-corrected chi connectivity index (χ0v) is 17.4. The molecule has 1 amide bonds. The van der Waals surface area contributed by atoms with Crippen molar-refractivity contribution in [1.82, 2.24) is 30.0 Å². The molecule has 0 aliphatic heterocycles. The molecule has 1 aromatic carbocycles. The van der Waals surface area contributed by atoms with Crippen LogP contribution < -0.4 is 5.32 Å². The molecule has 148 valence electrons. The summed E-state index contributed by atoms with van der Waals surface area (Å²) in [6, 6.07) is 5.09. The maximum absolute atomic E-state index is 12.6. The molecule has 3 rings (SSSR count). The Labute approximate surface area is 173 Å². The Morgan fingerprint density at radius 2 is 1.96 bits per heavy atom. The number of hydrogen-bond acceptors (Lipinski definition) is 7. The second-order valence-electron chi connectivity index (χ2n) is 5.74. The Bertz CT molecular complexity index is 1090. The van der Waals surface area contributed by atoms with E-state index in [1.807, 2.05) is 0 Å². The van der Waals surface area contributed by atoms with Gasteiger partial charge in [-0.3, -0.25) is 4.79 Å². The summed E-state index contributed by atoms with van der Waals surface area (Å²) in [6.45, 7) is 1.72. The SMILES string of the molecule is C[C@@H](NC(=O)c1cc(Cl)cc(S(C)(=O)=O)c1)c1ncnn1-c1ccncn1.S. The fourth-order valence-electron chi connectivity index (χ4n) is 2.38. The van der Waals surface area contributed by atoms with Crippen molar-refractivity contribution in [2.75, 3.05) is 6.26 Å². The number of hydrogen-bond donors (Lipinski definition) is 1. The average molecular weight is 441 g/mol. The molecule has 2 aromatic heterocycles. The molecule has 0 saturated carbocycles. The second-order valence-corrected chi connectivity index (χ2v) is 8.19. The van der Waals surface area contributed by atoms with E-state index in [0.717, 1.165) is 6.26 Å². The molecule has 0 spiro atoms. The largest absolute Gasteiger partial charge is 0.342 e. The number of amides is 1. The number of carbonyl (C=O) groups is 1. The molecule has 0 aliphatic rings. The van der Waals surface area contributed by atoms with Crippen molar-refractivity contribution in [1.29, 1.82) is 0 Å². The fraction of sp³-hybridized carbons (Fsp3) is 0.188. The van der Waals surface area contributed by atoms with Crippen LogP contribution in [0.4, 0.5) is 0 Å². The van der Waals surface area contributed by atoms with Crippen molar-refractivity contribution in [2.45, 2.75) is 17.9 Å². The zero-order chi connectivity index (χ0) is 19.6. The molecule has 0 saturated heterocycles. The van der Waals surface area contributed by atoms with Crippen LogP contribution in [0.2, 0.25) is 5.02 Å². The molecule has 0 bridgehead atoms. The fourth-order valence-corrected chi connectivity index (χ4v) is 3.37. The van der Waals surface area contributed by atoms with Gasteiger partial charge >= 0.3 is 0 Å². The maximum Gasteiger partial charge on any atom is 0.251 e. The Morgan fingerprint density at radius 3 is 2.61 bits per heavy atom. The predicted molar refractivity (Wildman–Crippen MR) is 108 cm³/mol. The molecule has 1 atom stereocenters. The summed E-state index contributed by atoms with van der Waals surface area (Å²) < 4.78 is 25.0. The molecule has 0 unspecified atom stereocenters. The number of carbonyl (C=O) groups excluding carboxylic acids is 1. The topological polar surface area (TPSA) is 120 Å². The number of halogens is 1. The first-order valence-electron chi connectivity index (χ1n) is 7.73. The van der Waals surface area contributed by atoms with E-state index in [1.165, 1.54) is 35.5 Å². The lowest BCUT2D eigenvalue weighted by Crippen LogP contribution is -2.29. The van der Waals surface area contributed by atoms with Gasteiger partial charge in [0.05, 0.1) is 10.9 Å². The summed E-state index contributed by atoms with van der Waals surface area (Å²) in [4.78, 5) is 24.7. The lowest BCUT2D eigenvalue weighted by Gasteiger charge is -2.14. The van der Waals surface area contributed by atoms with Gasteiger partial charge in [-0.15, -0.1) is 0 Å². The van der Waals surface area contributed by atoms with E-state index in [4.69, 9.17) is 11.6 Å². The van der Waals surface area contributed by atoms with Crippen LogP contribution in [0.3, 0.4) is 0 Å². The van der Waals surface area contributed by atoms with Crippen molar-refractivity contribution in [2.24, 2.45) is 0 Å². The highest BCUT2D eigenvalue weighted by atomic mass is 35.5. The minimum absolute atomic E-state index is 0. The third-order valence-corrected chi connectivity index (χ3v) is 4.96. The van der Waals surface area contributed by atoms with Gasteiger partial charge in [-0.1, -0.05) is 11.6 Å². The van der Waals surface area contributed by atoms with Gasteiger partial charge in [0.25, 0.3) is 5.91 Å². The third kappa shape index (κ3) is 4.86. The minimum Gasteiger partial charge on any atom is -0.342 e. The highest BCUT2D eigenvalue weighted by Crippen LogP contribution is 2.20. The van der Waals surface area contributed by atoms with Gasteiger partial charge in [0.1, 0.15) is 12.7 Å². The van der Waals surface area contributed by atoms with Crippen LogP contribution in [0.25, 0.3) is 5.82 Å². The summed E-state index contributed by atoms with van der Waals surface area (Å²) in [5, 5.41) is 7.02. The van der Waals surface area contributed by atoms with Gasteiger partial charge < -0.3 is 5.32 Å². The third-order valence-electron chi connectivity index (χ3n) is 3.65. The van der Waals surface area contributed by atoms with E-state index in [1.54, 1.807) is 19.2 Å². The predicted octanol–water partition coefficient (Wildman–Crippen LogP) is 1.72. The summed E-state index contributed by atoms with van der Waals surface area (Å²) in [7, 11) is -3.50. The first-order valence-corrected chi connectivity index (χ1v) is 10.0. The van der Waals surface area contributed by atoms with Crippen LogP contribution >= 0.6 is 25.1 Å². The standard InChI is InChI=1S/C16H15ClN6O3S.H2S/c1-10(15-20-9-21-23(15)14-3-4-18-8-19-14)22-16(24)11-5-12(17)7-13(6-11)27(2,25)26;/h3-10H,1-2H3,(H,22,24);1H2/t10-;/m1./s1. The number of aromatic nitrogens is 5. The van der Waals surface area contributed by atoms with Crippen molar-refractivity contribution < 1.29 is 13.2 Å². The molecule has 12 heteroatoms. The Morgan fingerprint density at radius 1 is 1.21 bits per heavy atom. The molecule has 2 heterocycles.